The summed E-state index contributed by atoms with van der Waals surface area (Å²) in [5.74, 6) is -0.355. The molecule has 2 aromatic heterocycles. The van der Waals surface area contributed by atoms with Crippen LogP contribution < -0.4 is 25.9 Å². The normalized spacial score (nSPS) is 16.0. The van der Waals surface area contributed by atoms with Gasteiger partial charge >= 0.3 is 5.76 Å². The van der Waals surface area contributed by atoms with Gasteiger partial charge in [-0.15, -0.1) is 0 Å². The molecule has 6 rings (SSSR count). The summed E-state index contributed by atoms with van der Waals surface area (Å²) in [7, 11) is 1.51. The van der Waals surface area contributed by atoms with E-state index in [0.717, 1.165) is 5.56 Å². The van der Waals surface area contributed by atoms with Crippen molar-refractivity contribution in [3.63, 3.8) is 0 Å². The average Bonchev–Trinajstić information content (AvgIpc) is 3.66. The standard InChI is InChI=1S/C35H37N7O7/c1-22(2)31-33-38-32(23-9-5-4-6-10-23)39-42(33)17-18-48-28-19-24(13-14-27(28)47-3)34(45)36-15-16-40(20-29(43)37-31)30(44)21-41-25-11-7-8-12-26(25)49-35(41)46/h4-14,19,22,31H,15-18,20-21H2,1-3H3,(H,36,45)(H,37,43)/t31-/m1/s1. The Hall–Kier alpha value is -5.92. The summed E-state index contributed by atoms with van der Waals surface area (Å²) in [5, 5.41) is 10.6. The smallest absolute Gasteiger partial charge is 0.420 e. The van der Waals surface area contributed by atoms with Crippen LogP contribution in [0.5, 0.6) is 11.5 Å². The van der Waals surface area contributed by atoms with E-state index in [1.165, 1.54) is 16.6 Å². The number of carbonyl (C=O) groups excluding carboxylic acids is 3. The fourth-order valence-electron chi connectivity index (χ4n) is 5.65. The highest BCUT2D eigenvalue weighted by Crippen LogP contribution is 2.29. The highest BCUT2D eigenvalue weighted by atomic mass is 16.5. The summed E-state index contributed by atoms with van der Waals surface area (Å²) in [6.07, 6.45) is 0. The van der Waals surface area contributed by atoms with E-state index in [4.69, 9.17) is 24.0 Å². The fourth-order valence-corrected chi connectivity index (χ4v) is 5.65. The van der Waals surface area contributed by atoms with Crippen molar-refractivity contribution in [1.29, 1.82) is 0 Å². The molecule has 1 atom stereocenters. The zero-order valence-corrected chi connectivity index (χ0v) is 27.4. The number of methoxy groups -OCH3 is 1. The lowest BCUT2D eigenvalue weighted by Crippen LogP contribution is -2.47. The van der Waals surface area contributed by atoms with Crippen molar-refractivity contribution in [2.24, 2.45) is 5.92 Å². The number of nitrogens with zero attached hydrogens (tertiary/aromatic N) is 5. The van der Waals surface area contributed by atoms with Crippen molar-refractivity contribution < 1.29 is 28.3 Å². The zero-order chi connectivity index (χ0) is 34.5. The maximum absolute atomic E-state index is 13.7. The van der Waals surface area contributed by atoms with E-state index in [1.54, 1.807) is 47.1 Å². The van der Waals surface area contributed by atoms with Gasteiger partial charge in [-0.25, -0.2) is 14.5 Å². The van der Waals surface area contributed by atoms with Gasteiger partial charge < -0.3 is 29.4 Å². The molecule has 1 aliphatic heterocycles. The van der Waals surface area contributed by atoms with Crippen molar-refractivity contribution >= 4 is 28.8 Å². The molecule has 0 fully saturated rings. The first-order chi connectivity index (χ1) is 23.7. The molecular weight excluding hydrogens is 630 g/mol. The molecule has 14 nitrogen and oxygen atoms in total. The van der Waals surface area contributed by atoms with Gasteiger partial charge in [0.25, 0.3) is 5.91 Å². The predicted molar refractivity (Wildman–Crippen MR) is 179 cm³/mol. The number of para-hydroxylation sites is 2. The molecule has 0 aliphatic carbocycles. The Balaban J connectivity index is 1.35. The van der Waals surface area contributed by atoms with Crippen LogP contribution >= 0.6 is 0 Å². The Morgan fingerprint density at radius 1 is 1.00 bits per heavy atom. The van der Waals surface area contributed by atoms with Gasteiger partial charge in [0.05, 0.1) is 31.8 Å². The van der Waals surface area contributed by atoms with Crippen LogP contribution in [0.1, 0.15) is 36.1 Å². The van der Waals surface area contributed by atoms with Gasteiger partial charge in [-0.05, 0) is 36.2 Å². The second kappa shape index (κ2) is 14.5. The van der Waals surface area contributed by atoms with Crippen molar-refractivity contribution in [3.05, 3.63) is 94.7 Å². The highest BCUT2D eigenvalue weighted by molar-refractivity contribution is 5.95. The van der Waals surface area contributed by atoms with Gasteiger partial charge in [-0.3, -0.25) is 19.0 Å². The molecule has 254 valence electrons. The minimum absolute atomic E-state index is 0.0112. The Labute approximate surface area is 281 Å². The van der Waals surface area contributed by atoms with Crippen LogP contribution in [-0.2, 0) is 22.7 Å². The van der Waals surface area contributed by atoms with Crippen LogP contribution in [0.2, 0.25) is 0 Å². The number of carbonyl (C=O) groups is 3. The minimum Gasteiger partial charge on any atom is -0.493 e. The van der Waals surface area contributed by atoms with Crippen molar-refractivity contribution in [1.82, 2.24) is 34.9 Å². The van der Waals surface area contributed by atoms with E-state index in [0.29, 0.717) is 39.8 Å². The van der Waals surface area contributed by atoms with Crippen molar-refractivity contribution in [2.75, 3.05) is 33.4 Å². The first kappa shape index (κ1) is 33.0. The van der Waals surface area contributed by atoms with Gasteiger partial charge in [0.2, 0.25) is 11.8 Å². The summed E-state index contributed by atoms with van der Waals surface area (Å²) in [6, 6.07) is 20.5. The topological polar surface area (TPSA) is 163 Å². The monoisotopic (exact) mass is 667 g/mol. The first-order valence-electron chi connectivity index (χ1n) is 16.0. The third kappa shape index (κ3) is 7.32. The molecule has 0 saturated heterocycles. The maximum Gasteiger partial charge on any atom is 0.420 e. The SMILES string of the molecule is COc1ccc2cc1OCCn1nc(-c3ccccc3)nc1[C@@H](C(C)C)NC(=O)CN(C(=O)Cn1c(=O)oc3ccccc31)CCNC2=O. The molecule has 14 heteroatoms. The van der Waals surface area contributed by atoms with E-state index in [1.807, 2.05) is 44.2 Å². The third-order valence-corrected chi connectivity index (χ3v) is 8.20. The van der Waals surface area contributed by atoms with E-state index < -0.39 is 29.5 Å². The number of fused-ring (bicyclic) bond motifs is 4. The van der Waals surface area contributed by atoms with Gasteiger partial charge in [0.15, 0.2) is 28.7 Å². The number of oxazole rings is 1. The second-order valence-corrected chi connectivity index (χ2v) is 11.9. The Kier molecular flexibility index (Phi) is 9.74. The number of rotatable bonds is 5. The molecule has 3 aromatic carbocycles. The number of hydrogen-bond acceptors (Lipinski definition) is 9. The molecule has 0 spiro atoms. The van der Waals surface area contributed by atoms with Crippen LogP contribution in [0, 0.1) is 5.92 Å². The molecule has 2 bridgehead atoms. The van der Waals surface area contributed by atoms with Crippen LogP contribution in [0.4, 0.5) is 0 Å². The first-order valence-corrected chi connectivity index (χ1v) is 16.0. The van der Waals surface area contributed by atoms with Gasteiger partial charge in [0, 0.05) is 24.2 Å². The Morgan fingerprint density at radius 3 is 2.55 bits per heavy atom. The van der Waals surface area contributed by atoms with Gasteiger partial charge in [-0.1, -0.05) is 56.3 Å². The lowest BCUT2D eigenvalue weighted by molar-refractivity contribution is -0.136. The van der Waals surface area contributed by atoms with Crippen molar-refractivity contribution in [2.45, 2.75) is 33.0 Å². The lowest BCUT2D eigenvalue weighted by Gasteiger charge is -2.26. The molecule has 49 heavy (non-hydrogen) atoms. The van der Waals surface area contributed by atoms with Crippen LogP contribution in [0.15, 0.2) is 82.0 Å². The highest BCUT2D eigenvalue weighted by Gasteiger charge is 2.28. The lowest BCUT2D eigenvalue weighted by atomic mass is 10.0. The van der Waals surface area contributed by atoms with Crippen LogP contribution in [0.25, 0.3) is 22.5 Å². The Bertz CT molecular complexity index is 2030. The van der Waals surface area contributed by atoms with E-state index in [-0.39, 0.29) is 45.2 Å². The number of benzene rings is 3. The molecule has 0 saturated carbocycles. The van der Waals surface area contributed by atoms with Crippen LogP contribution in [-0.4, -0.2) is 75.3 Å². The molecule has 3 amide bonds. The number of amides is 3. The fraction of sp³-hybridized carbons (Fsp3) is 0.314. The number of aromatic nitrogens is 4. The average molecular weight is 668 g/mol. The zero-order valence-electron chi connectivity index (χ0n) is 27.4. The summed E-state index contributed by atoms with van der Waals surface area (Å²) in [5.41, 5.74) is 1.92. The van der Waals surface area contributed by atoms with Crippen molar-refractivity contribution in [3.8, 4) is 22.9 Å². The van der Waals surface area contributed by atoms with E-state index in [2.05, 4.69) is 10.6 Å². The maximum atomic E-state index is 13.7. The van der Waals surface area contributed by atoms with Gasteiger partial charge in [-0.2, -0.15) is 5.10 Å². The molecule has 1 aliphatic rings. The summed E-state index contributed by atoms with van der Waals surface area (Å²) >= 11 is 0. The quantitative estimate of drug-likeness (QED) is 0.287. The molecule has 5 aromatic rings. The van der Waals surface area contributed by atoms with Gasteiger partial charge in [0.1, 0.15) is 13.2 Å². The number of ether oxygens (including phenoxy) is 2. The predicted octanol–water partition coefficient (Wildman–Crippen LogP) is 3.03. The largest absolute Gasteiger partial charge is 0.493 e. The summed E-state index contributed by atoms with van der Waals surface area (Å²) in [6.45, 7) is 3.66. The molecule has 0 radical (unpaired) electrons. The van der Waals surface area contributed by atoms with E-state index in [9.17, 15) is 19.2 Å². The summed E-state index contributed by atoms with van der Waals surface area (Å²) in [4.78, 5) is 59.4. The van der Waals surface area contributed by atoms with Crippen LogP contribution in [0.3, 0.4) is 0 Å². The van der Waals surface area contributed by atoms with E-state index >= 15 is 0 Å². The number of hydrogen-bond donors (Lipinski definition) is 2. The molecule has 2 N–H and O–H groups in total. The molecule has 3 heterocycles. The minimum atomic E-state index is -0.691. The molecular formula is C35H37N7O7. The third-order valence-electron chi connectivity index (χ3n) is 8.20. The number of nitrogens with one attached hydrogen (secondary N) is 2. The second-order valence-electron chi connectivity index (χ2n) is 11.9. The molecule has 0 unspecified atom stereocenters. The summed E-state index contributed by atoms with van der Waals surface area (Å²) < 4.78 is 19.8. The Morgan fingerprint density at radius 2 is 1.78 bits per heavy atom.